The van der Waals surface area contributed by atoms with Crippen molar-refractivity contribution in [2.24, 2.45) is 22.1 Å². The zero-order chi connectivity index (χ0) is 17.0. The molecular formula is C17H37IN4O. The Morgan fingerprint density at radius 1 is 1.13 bits per heavy atom. The van der Waals surface area contributed by atoms with E-state index in [1.165, 1.54) is 25.7 Å². The zero-order valence-electron chi connectivity index (χ0n) is 15.6. The molecule has 0 unspecified atom stereocenters. The molecule has 4 N–H and O–H groups in total. The molecule has 23 heavy (non-hydrogen) atoms. The summed E-state index contributed by atoms with van der Waals surface area (Å²) in [6.07, 6.45) is 6.31. The number of halogens is 1. The molecule has 0 aliphatic heterocycles. The summed E-state index contributed by atoms with van der Waals surface area (Å²) in [6, 6.07) is 0. The topological polar surface area (TPSA) is 79.5 Å². The third-order valence-electron chi connectivity index (χ3n) is 3.64. The van der Waals surface area contributed by atoms with Gasteiger partial charge in [0.15, 0.2) is 5.96 Å². The van der Waals surface area contributed by atoms with Gasteiger partial charge in [-0.25, -0.2) is 0 Å². The number of hydrogen-bond donors (Lipinski definition) is 3. The molecular weight excluding hydrogens is 403 g/mol. The fourth-order valence-corrected chi connectivity index (χ4v) is 1.93. The van der Waals surface area contributed by atoms with E-state index in [4.69, 9.17) is 5.73 Å². The predicted molar refractivity (Wildman–Crippen MR) is 110 cm³/mol. The minimum atomic E-state index is -0.612. The number of nitrogens with one attached hydrogen (secondary N) is 2. The van der Waals surface area contributed by atoms with Crippen LogP contribution in [0.2, 0.25) is 0 Å². The SMILES string of the molecule is CCNC(=NCC(C)(C)C(N)=O)NCCCCCCC(C)C.I. The van der Waals surface area contributed by atoms with Gasteiger partial charge in [-0.05, 0) is 33.1 Å². The fraction of sp³-hybridized carbons (Fsp3) is 0.882. The van der Waals surface area contributed by atoms with Gasteiger partial charge in [0.05, 0.1) is 12.0 Å². The lowest BCUT2D eigenvalue weighted by atomic mass is 9.93. The molecule has 0 bridgehead atoms. The third kappa shape index (κ3) is 13.6. The monoisotopic (exact) mass is 440 g/mol. The lowest BCUT2D eigenvalue weighted by molar-refractivity contribution is -0.125. The standard InChI is InChI=1S/C17H36N4O.HI/c1-6-19-16(21-13-17(4,5)15(18)22)20-12-10-8-7-9-11-14(2)3;/h14H,6-13H2,1-5H3,(H2,18,22)(H2,19,20,21);1H. The van der Waals surface area contributed by atoms with Gasteiger partial charge in [-0.1, -0.05) is 39.5 Å². The van der Waals surface area contributed by atoms with Crippen LogP contribution in [-0.4, -0.2) is 31.5 Å². The summed E-state index contributed by atoms with van der Waals surface area (Å²) in [5.41, 5.74) is 4.76. The Bertz CT molecular complexity index is 343. The molecule has 0 radical (unpaired) electrons. The van der Waals surface area contributed by atoms with E-state index in [0.717, 1.165) is 31.4 Å². The maximum Gasteiger partial charge on any atom is 0.224 e. The lowest BCUT2D eigenvalue weighted by Crippen LogP contribution is -2.40. The van der Waals surface area contributed by atoms with Crippen molar-refractivity contribution in [3.8, 4) is 0 Å². The Morgan fingerprint density at radius 2 is 1.74 bits per heavy atom. The van der Waals surface area contributed by atoms with E-state index in [1.54, 1.807) is 0 Å². The van der Waals surface area contributed by atoms with E-state index in [2.05, 4.69) is 29.5 Å². The number of nitrogens with zero attached hydrogens (tertiary/aromatic N) is 1. The van der Waals surface area contributed by atoms with Crippen molar-refractivity contribution < 1.29 is 4.79 Å². The number of carbonyl (C=O) groups is 1. The molecule has 6 heteroatoms. The molecule has 5 nitrogen and oxygen atoms in total. The van der Waals surface area contributed by atoms with Crippen LogP contribution in [0.25, 0.3) is 0 Å². The van der Waals surface area contributed by atoms with Gasteiger partial charge in [-0.15, -0.1) is 24.0 Å². The van der Waals surface area contributed by atoms with E-state index >= 15 is 0 Å². The van der Waals surface area contributed by atoms with Crippen LogP contribution < -0.4 is 16.4 Å². The van der Waals surface area contributed by atoms with Gasteiger partial charge >= 0.3 is 0 Å². The molecule has 0 saturated heterocycles. The zero-order valence-corrected chi connectivity index (χ0v) is 17.9. The first-order chi connectivity index (χ1) is 10.3. The Labute approximate surface area is 159 Å². The molecule has 0 aliphatic rings. The normalized spacial score (nSPS) is 12.0. The molecule has 0 spiro atoms. The van der Waals surface area contributed by atoms with Crippen LogP contribution in [0, 0.1) is 11.3 Å². The number of carbonyl (C=O) groups excluding carboxylic acids is 1. The van der Waals surface area contributed by atoms with Crippen molar-refractivity contribution in [2.45, 2.75) is 66.7 Å². The highest BCUT2D eigenvalue weighted by Crippen LogP contribution is 2.14. The average molecular weight is 440 g/mol. The Kier molecular flexibility index (Phi) is 14.9. The molecule has 0 rings (SSSR count). The summed E-state index contributed by atoms with van der Waals surface area (Å²) in [7, 11) is 0. The van der Waals surface area contributed by atoms with Crippen LogP contribution in [-0.2, 0) is 4.79 Å². The number of unbranched alkanes of at least 4 members (excludes halogenated alkanes) is 3. The number of primary amides is 1. The Balaban J connectivity index is 0. The summed E-state index contributed by atoms with van der Waals surface area (Å²) in [6.45, 7) is 12.3. The summed E-state index contributed by atoms with van der Waals surface area (Å²) < 4.78 is 0. The predicted octanol–water partition coefficient (Wildman–Crippen LogP) is 3.28. The van der Waals surface area contributed by atoms with E-state index in [9.17, 15) is 4.79 Å². The number of amides is 1. The highest BCUT2D eigenvalue weighted by Gasteiger charge is 2.24. The summed E-state index contributed by atoms with van der Waals surface area (Å²) in [5.74, 6) is 1.25. The molecule has 0 heterocycles. The van der Waals surface area contributed by atoms with Gasteiger partial charge in [0.2, 0.25) is 5.91 Å². The number of rotatable bonds is 11. The molecule has 0 aliphatic carbocycles. The highest BCUT2D eigenvalue weighted by atomic mass is 127. The van der Waals surface area contributed by atoms with Gasteiger partial charge < -0.3 is 16.4 Å². The van der Waals surface area contributed by atoms with E-state index in [1.807, 2.05) is 20.8 Å². The summed E-state index contributed by atoms with van der Waals surface area (Å²) >= 11 is 0. The second-order valence-corrected chi connectivity index (χ2v) is 6.97. The van der Waals surface area contributed by atoms with Crippen LogP contribution in [0.3, 0.4) is 0 Å². The first kappa shape index (κ1) is 24.7. The number of aliphatic imine (C=N–C) groups is 1. The number of nitrogens with two attached hydrogens (primary N) is 1. The smallest absolute Gasteiger partial charge is 0.224 e. The molecule has 138 valence electrons. The minimum Gasteiger partial charge on any atom is -0.369 e. The lowest BCUT2D eigenvalue weighted by Gasteiger charge is -2.19. The summed E-state index contributed by atoms with van der Waals surface area (Å²) in [4.78, 5) is 15.8. The van der Waals surface area contributed by atoms with E-state index < -0.39 is 5.41 Å². The molecule has 0 aromatic carbocycles. The molecule has 0 saturated carbocycles. The largest absolute Gasteiger partial charge is 0.369 e. The Hall–Kier alpha value is -0.530. The van der Waals surface area contributed by atoms with E-state index in [0.29, 0.717) is 6.54 Å². The van der Waals surface area contributed by atoms with Crippen molar-refractivity contribution in [2.75, 3.05) is 19.6 Å². The van der Waals surface area contributed by atoms with Crippen LogP contribution >= 0.6 is 24.0 Å². The van der Waals surface area contributed by atoms with Crippen molar-refractivity contribution in [3.63, 3.8) is 0 Å². The Morgan fingerprint density at radius 3 is 2.26 bits per heavy atom. The van der Waals surface area contributed by atoms with Crippen molar-refractivity contribution in [1.29, 1.82) is 0 Å². The molecule has 1 amide bonds. The van der Waals surface area contributed by atoms with Crippen molar-refractivity contribution in [3.05, 3.63) is 0 Å². The molecule has 0 atom stereocenters. The van der Waals surface area contributed by atoms with Crippen LogP contribution in [0.5, 0.6) is 0 Å². The average Bonchev–Trinajstić information content (AvgIpc) is 2.43. The minimum absolute atomic E-state index is 0. The van der Waals surface area contributed by atoms with Gasteiger partial charge in [0.25, 0.3) is 0 Å². The maximum atomic E-state index is 11.3. The molecule has 0 aromatic heterocycles. The van der Waals surface area contributed by atoms with Gasteiger partial charge in [0, 0.05) is 13.1 Å². The quantitative estimate of drug-likeness (QED) is 0.200. The van der Waals surface area contributed by atoms with Crippen molar-refractivity contribution >= 4 is 35.8 Å². The number of hydrogen-bond acceptors (Lipinski definition) is 2. The van der Waals surface area contributed by atoms with Crippen LogP contribution in [0.4, 0.5) is 0 Å². The first-order valence-corrected chi connectivity index (χ1v) is 8.61. The van der Waals surface area contributed by atoms with E-state index in [-0.39, 0.29) is 29.9 Å². The fourth-order valence-electron chi connectivity index (χ4n) is 1.93. The second kappa shape index (κ2) is 13.9. The molecule has 0 aromatic rings. The highest BCUT2D eigenvalue weighted by molar-refractivity contribution is 14.0. The van der Waals surface area contributed by atoms with Crippen LogP contribution in [0.1, 0.15) is 66.7 Å². The van der Waals surface area contributed by atoms with Gasteiger partial charge in [0.1, 0.15) is 0 Å². The summed E-state index contributed by atoms with van der Waals surface area (Å²) in [5, 5.41) is 6.52. The maximum absolute atomic E-state index is 11.3. The van der Waals surface area contributed by atoms with Crippen LogP contribution in [0.15, 0.2) is 4.99 Å². The van der Waals surface area contributed by atoms with Crippen molar-refractivity contribution in [1.82, 2.24) is 10.6 Å². The second-order valence-electron chi connectivity index (χ2n) is 6.97. The van der Waals surface area contributed by atoms with Gasteiger partial charge in [-0.3, -0.25) is 9.79 Å². The third-order valence-corrected chi connectivity index (χ3v) is 3.64. The van der Waals surface area contributed by atoms with Gasteiger partial charge in [-0.2, -0.15) is 0 Å². The first-order valence-electron chi connectivity index (χ1n) is 8.61. The number of guanidine groups is 1. The molecule has 0 fully saturated rings.